The Bertz CT molecular complexity index is 691. The summed E-state index contributed by atoms with van der Waals surface area (Å²) in [6.45, 7) is 2.33. The number of hydrogen-bond acceptors (Lipinski definition) is 4. The molecular formula is C18H21ClN2O2S. The maximum absolute atomic E-state index is 12.2. The molecule has 1 N–H and O–H groups in total. The maximum Gasteiger partial charge on any atom is 0.224 e. The molecule has 24 heavy (non-hydrogen) atoms. The van der Waals surface area contributed by atoms with Gasteiger partial charge < -0.3 is 15.0 Å². The van der Waals surface area contributed by atoms with Crippen LogP contribution < -0.4 is 10.1 Å². The minimum Gasteiger partial charge on any atom is -0.489 e. The summed E-state index contributed by atoms with van der Waals surface area (Å²) >= 11 is 1.71. The van der Waals surface area contributed by atoms with Gasteiger partial charge in [0.1, 0.15) is 12.4 Å². The number of hydrogen-bond donors (Lipinski definition) is 1. The fourth-order valence-corrected chi connectivity index (χ4v) is 4.34. The van der Waals surface area contributed by atoms with Gasteiger partial charge in [-0.05, 0) is 36.5 Å². The van der Waals surface area contributed by atoms with Crippen molar-refractivity contribution in [2.45, 2.75) is 38.1 Å². The molecule has 0 aliphatic carbocycles. The molecule has 2 atom stereocenters. The fourth-order valence-electron chi connectivity index (χ4n) is 3.47. The minimum absolute atomic E-state index is 0. The second kappa shape index (κ2) is 7.55. The van der Waals surface area contributed by atoms with Gasteiger partial charge in [0.15, 0.2) is 0 Å². The summed E-state index contributed by atoms with van der Waals surface area (Å²) < 4.78 is 5.78. The lowest BCUT2D eigenvalue weighted by atomic mass is 10.1. The first-order chi connectivity index (χ1) is 11.3. The van der Waals surface area contributed by atoms with Crippen molar-refractivity contribution in [2.24, 2.45) is 0 Å². The Morgan fingerprint density at radius 3 is 2.96 bits per heavy atom. The van der Waals surface area contributed by atoms with Crippen molar-refractivity contribution in [3.05, 3.63) is 52.2 Å². The quantitative estimate of drug-likeness (QED) is 0.885. The summed E-state index contributed by atoms with van der Waals surface area (Å²) in [5, 5.41) is 5.56. The minimum atomic E-state index is 0. The van der Waals surface area contributed by atoms with E-state index in [0.29, 0.717) is 25.1 Å². The van der Waals surface area contributed by atoms with E-state index in [0.717, 1.165) is 25.3 Å². The molecule has 2 aromatic rings. The van der Waals surface area contributed by atoms with Crippen LogP contribution >= 0.6 is 23.7 Å². The predicted octanol–water partition coefficient (Wildman–Crippen LogP) is 3.21. The van der Waals surface area contributed by atoms with Gasteiger partial charge in [-0.2, -0.15) is 0 Å². The molecule has 2 fully saturated rings. The highest BCUT2D eigenvalue weighted by Gasteiger charge is 2.42. The third-order valence-electron chi connectivity index (χ3n) is 4.61. The molecule has 2 aliphatic rings. The van der Waals surface area contributed by atoms with Gasteiger partial charge in [0.25, 0.3) is 0 Å². The van der Waals surface area contributed by atoms with E-state index in [2.05, 4.69) is 21.7 Å². The molecule has 0 spiro atoms. The van der Waals surface area contributed by atoms with Crippen LogP contribution in [0.3, 0.4) is 0 Å². The van der Waals surface area contributed by atoms with Crippen LogP contribution in [0.2, 0.25) is 0 Å². The number of fused-ring (bicyclic) bond motifs is 1. The van der Waals surface area contributed by atoms with Crippen molar-refractivity contribution >= 4 is 29.7 Å². The van der Waals surface area contributed by atoms with Crippen LogP contribution in [0, 0.1) is 0 Å². The first kappa shape index (κ1) is 17.3. The van der Waals surface area contributed by atoms with Crippen molar-refractivity contribution in [1.82, 2.24) is 10.2 Å². The Hall–Kier alpha value is -1.56. The molecule has 1 aromatic carbocycles. The summed E-state index contributed by atoms with van der Waals surface area (Å²) in [6.07, 6.45) is 1.73. The zero-order chi connectivity index (χ0) is 15.6. The average molecular weight is 365 g/mol. The number of thiophene rings is 1. The third kappa shape index (κ3) is 3.58. The number of nitrogens with one attached hydrogen (secondary N) is 1. The number of benzene rings is 1. The van der Waals surface area contributed by atoms with Gasteiger partial charge in [0, 0.05) is 28.9 Å². The summed E-state index contributed by atoms with van der Waals surface area (Å²) in [7, 11) is 0. The normalized spacial score (nSPS) is 22.3. The summed E-state index contributed by atoms with van der Waals surface area (Å²) in [5.41, 5.74) is 1.17. The molecular weight excluding hydrogens is 344 g/mol. The van der Waals surface area contributed by atoms with E-state index >= 15 is 0 Å². The summed E-state index contributed by atoms with van der Waals surface area (Å²) in [6, 6.07) is 12.8. The van der Waals surface area contributed by atoms with Crippen LogP contribution in [0.1, 0.15) is 23.3 Å². The lowest BCUT2D eigenvalue weighted by Gasteiger charge is -2.22. The van der Waals surface area contributed by atoms with Gasteiger partial charge in [-0.1, -0.05) is 18.2 Å². The molecule has 0 bridgehead atoms. The Balaban J connectivity index is 0.00000169. The molecule has 2 saturated heterocycles. The SMILES string of the molecule is Cl.O=C1C[C@H]2NCC[C@H]2N1Cc1cc(COc2ccccc2)cs1. The van der Waals surface area contributed by atoms with Gasteiger partial charge in [-0.3, -0.25) is 4.79 Å². The molecule has 0 unspecified atom stereocenters. The number of rotatable bonds is 5. The monoisotopic (exact) mass is 364 g/mol. The lowest BCUT2D eigenvalue weighted by Crippen LogP contribution is -2.35. The van der Waals surface area contributed by atoms with Crippen molar-refractivity contribution in [3.8, 4) is 5.75 Å². The van der Waals surface area contributed by atoms with Crippen LogP contribution in [0.5, 0.6) is 5.75 Å². The van der Waals surface area contributed by atoms with Gasteiger partial charge in [-0.15, -0.1) is 23.7 Å². The van der Waals surface area contributed by atoms with E-state index in [1.54, 1.807) is 11.3 Å². The van der Waals surface area contributed by atoms with Gasteiger partial charge in [-0.25, -0.2) is 0 Å². The highest BCUT2D eigenvalue weighted by Crippen LogP contribution is 2.29. The van der Waals surface area contributed by atoms with Crippen molar-refractivity contribution in [3.63, 3.8) is 0 Å². The van der Waals surface area contributed by atoms with Crippen molar-refractivity contribution in [2.75, 3.05) is 6.54 Å². The van der Waals surface area contributed by atoms with Crippen LogP contribution in [0.25, 0.3) is 0 Å². The molecule has 0 saturated carbocycles. The zero-order valence-electron chi connectivity index (χ0n) is 13.3. The van der Waals surface area contributed by atoms with E-state index in [4.69, 9.17) is 4.74 Å². The number of halogens is 1. The average Bonchev–Trinajstić information content (AvgIpc) is 3.26. The van der Waals surface area contributed by atoms with E-state index in [-0.39, 0.29) is 18.3 Å². The summed E-state index contributed by atoms with van der Waals surface area (Å²) in [5.74, 6) is 1.16. The second-order valence-electron chi connectivity index (χ2n) is 6.17. The number of para-hydroxylation sites is 1. The van der Waals surface area contributed by atoms with Crippen LogP contribution in [0.15, 0.2) is 41.8 Å². The van der Waals surface area contributed by atoms with E-state index in [1.807, 2.05) is 30.3 Å². The Morgan fingerprint density at radius 2 is 2.12 bits per heavy atom. The molecule has 1 aromatic heterocycles. The topological polar surface area (TPSA) is 41.6 Å². The number of amides is 1. The molecule has 2 aliphatic heterocycles. The number of carbonyl (C=O) groups is 1. The molecule has 6 heteroatoms. The highest BCUT2D eigenvalue weighted by atomic mass is 35.5. The van der Waals surface area contributed by atoms with Gasteiger partial charge in [0.05, 0.1) is 6.54 Å². The highest BCUT2D eigenvalue weighted by molar-refractivity contribution is 7.10. The van der Waals surface area contributed by atoms with Gasteiger partial charge in [0.2, 0.25) is 5.91 Å². The molecule has 1 amide bonds. The van der Waals surface area contributed by atoms with Crippen LogP contribution in [-0.4, -0.2) is 29.4 Å². The van der Waals surface area contributed by atoms with E-state index in [1.165, 1.54) is 10.4 Å². The van der Waals surface area contributed by atoms with Gasteiger partial charge >= 0.3 is 0 Å². The third-order valence-corrected chi connectivity index (χ3v) is 5.58. The smallest absolute Gasteiger partial charge is 0.224 e. The standard InChI is InChI=1S/C18H20N2O2S.ClH/c21-18-9-16-17(6-7-19-16)20(18)10-15-8-13(12-23-15)11-22-14-4-2-1-3-5-14;/h1-5,8,12,16-17,19H,6-7,9-11H2;1H/t16-,17-;/m1./s1. The number of likely N-dealkylation sites (tertiary alicyclic amines) is 1. The first-order valence-electron chi connectivity index (χ1n) is 8.06. The predicted molar refractivity (Wildman–Crippen MR) is 97.7 cm³/mol. The molecule has 4 nitrogen and oxygen atoms in total. The Morgan fingerprint density at radius 1 is 1.29 bits per heavy atom. The maximum atomic E-state index is 12.2. The lowest BCUT2D eigenvalue weighted by molar-refractivity contribution is -0.129. The second-order valence-corrected chi connectivity index (χ2v) is 7.16. The largest absolute Gasteiger partial charge is 0.489 e. The molecule has 4 rings (SSSR count). The number of nitrogens with zero attached hydrogens (tertiary/aromatic N) is 1. The van der Waals surface area contributed by atoms with Crippen molar-refractivity contribution < 1.29 is 9.53 Å². The number of carbonyl (C=O) groups excluding carboxylic acids is 1. The number of ether oxygens (including phenoxy) is 1. The molecule has 3 heterocycles. The Labute approximate surface area is 152 Å². The zero-order valence-corrected chi connectivity index (χ0v) is 14.9. The van der Waals surface area contributed by atoms with E-state index < -0.39 is 0 Å². The van der Waals surface area contributed by atoms with Crippen molar-refractivity contribution in [1.29, 1.82) is 0 Å². The Kier molecular flexibility index (Phi) is 5.43. The summed E-state index contributed by atoms with van der Waals surface area (Å²) in [4.78, 5) is 15.5. The molecule has 0 radical (unpaired) electrons. The van der Waals surface area contributed by atoms with Crippen LogP contribution in [0.4, 0.5) is 0 Å². The first-order valence-corrected chi connectivity index (χ1v) is 8.94. The fraction of sp³-hybridized carbons (Fsp3) is 0.389. The van der Waals surface area contributed by atoms with Crippen LogP contribution in [-0.2, 0) is 17.9 Å². The molecule has 128 valence electrons. The van der Waals surface area contributed by atoms with E-state index in [9.17, 15) is 4.79 Å².